The first-order valence-electron chi connectivity index (χ1n) is 7.28. The maximum absolute atomic E-state index is 11.4. The van der Waals surface area contributed by atoms with Crippen LogP contribution in [0.5, 0.6) is 11.5 Å². The second kappa shape index (κ2) is 7.60. The van der Waals surface area contributed by atoms with E-state index in [0.717, 1.165) is 5.56 Å². The molecule has 2 rings (SSSR count). The number of hydrogen-bond donors (Lipinski definition) is 1. The zero-order valence-electron chi connectivity index (χ0n) is 13.1. The first kappa shape index (κ1) is 16.8. The Labute approximate surface area is 134 Å². The summed E-state index contributed by atoms with van der Waals surface area (Å²) in [6.45, 7) is 1.98. The quantitative estimate of drug-likeness (QED) is 0.623. The molecule has 6 heteroatoms. The number of nitrogens with zero attached hydrogens (tertiary/aromatic N) is 1. The van der Waals surface area contributed by atoms with Gasteiger partial charge in [0.05, 0.1) is 18.1 Å². The fourth-order valence-electron chi connectivity index (χ4n) is 2.20. The van der Waals surface area contributed by atoms with Crippen molar-refractivity contribution >= 4 is 5.69 Å². The number of aliphatic hydroxyl groups excluding tert-OH is 1. The van der Waals surface area contributed by atoms with Crippen LogP contribution in [0.25, 0.3) is 0 Å². The molecule has 122 valence electrons. The number of benzene rings is 2. The topological polar surface area (TPSA) is 81.8 Å². The monoisotopic (exact) mass is 317 g/mol. The van der Waals surface area contributed by atoms with Crippen LogP contribution < -0.4 is 9.47 Å². The van der Waals surface area contributed by atoms with Crippen molar-refractivity contribution in [3.63, 3.8) is 0 Å². The Morgan fingerprint density at radius 3 is 2.52 bits per heavy atom. The van der Waals surface area contributed by atoms with Crippen molar-refractivity contribution in [1.82, 2.24) is 0 Å². The van der Waals surface area contributed by atoms with Crippen LogP contribution in [-0.2, 0) is 6.61 Å². The predicted molar refractivity (Wildman–Crippen MR) is 85.7 cm³/mol. The number of ether oxygens (including phenoxy) is 2. The van der Waals surface area contributed by atoms with E-state index in [-0.39, 0.29) is 23.8 Å². The highest BCUT2D eigenvalue weighted by Crippen LogP contribution is 2.40. The Morgan fingerprint density at radius 2 is 1.96 bits per heavy atom. The van der Waals surface area contributed by atoms with Gasteiger partial charge in [0, 0.05) is 6.07 Å². The molecule has 6 nitrogen and oxygen atoms in total. The molecule has 0 aliphatic rings. The van der Waals surface area contributed by atoms with E-state index < -0.39 is 11.0 Å². The minimum absolute atomic E-state index is 0.0633. The highest BCUT2D eigenvalue weighted by Gasteiger charge is 2.24. The largest absolute Gasteiger partial charge is 0.493 e. The molecule has 1 unspecified atom stereocenters. The number of methoxy groups -OCH3 is 1. The number of hydrogen-bond acceptors (Lipinski definition) is 5. The van der Waals surface area contributed by atoms with E-state index in [4.69, 9.17) is 9.47 Å². The van der Waals surface area contributed by atoms with Crippen molar-refractivity contribution in [3.05, 3.63) is 63.7 Å². The fraction of sp³-hybridized carbons (Fsp3) is 0.294. The van der Waals surface area contributed by atoms with Gasteiger partial charge in [-0.1, -0.05) is 37.3 Å². The lowest BCUT2D eigenvalue weighted by molar-refractivity contribution is -0.386. The zero-order chi connectivity index (χ0) is 16.8. The van der Waals surface area contributed by atoms with E-state index in [1.54, 1.807) is 13.0 Å². The SMILES string of the molecule is CCC(O)c1cc(OC)c(OCc2ccccc2)c([N+](=O)[O-])c1. The molecule has 1 N–H and O–H groups in total. The van der Waals surface area contributed by atoms with Gasteiger partial charge in [-0.15, -0.1) is 0 Å². The lowest BCUT2D eigenvalue weighted by Gasteiger charge is -2.15. The molecule has 2 aromatic carbocycles. The van der Waals surface area contributed by atoms with E-state index in [9.17, 15) is 15.2 Å². The summed E-state index contributed by atoms with van der Waals surface area (Å²) in [4.78, 5) is 10.8. The fourth-order valence-corrected chi connectivity index (χ4v) is 2.20. The molecule has 0 aliphatic carbocycles. The summed E-state index contributed by atoms with van der Waals surface area (Å²) in [5, 5.41) is 21.3. The minimum Gasteiger partial charge on any atom is -0.493 e. The van der Waals surface area contributed by atoms with Gasteiger partial charge in [-0.3, -0.25) is 10.1 Å². The van der Waals surface area contributed by atoms with Gasteiger partial charge in [0.1, 0.15) is 6.61 Å². The Kier molecular flexibility index (Phi) is 5.54. The molecule has 2 aromatic rings. The van der Waals surface area contributed by atoms with E-state index in [1.807, 2.05) is 30.3 Å². The normalized spacial score (nSPS) is 11.8. The van der Waals surface area contributed by atoms with Crippen molar-refractivity contribution in [2.45, 2.75) is 26.1 Å². The number of nitro groups is 1. The summed E-state index contributed by atoms with van der Waals surface area (Å²) in [5.41, 5.74) is 1.10. The van der Waals surface area contributed by atoms with Gasteiger partial charge < -0.3 is 14.6 Å². The molecular weight excluding hydrogens is 298 g/mol. The molecular formula is C17H19NO5. The highest BCUT2D eigenvalue weighted by atomic mass is 16.6. The molecule has 0 heterocycles. The smallest absolute Gasteiger partial charge is 0.315 e. The third-order valence-electron chi connectivity index (χ3n) is 3.47. The van der Waals surface area contributed by atoms with E-state index in [1.165, 1.54) is 13.2 Å². The van der Waals surface area contributed by atoms with Gasteiger partial charge in [-0.2, -0.15) is 0 Å². The molecule has 0 saturated carbocycles. The molecule has 0 aromatic heterocycles. The van der Waals surface area contributed by atoms with Gasteiger partial charge in [0.25, 0.3) is 0 Å². The predicted octanol–water partition coefficient (Wildman–Crippen LogP) is 3.63. The second-order valence-corrected chi connectivity index (χ2v) is 5.03. The van der Waals surface area contributed by atoms with Crippen molar-refractivity contribution < 1.29 is 19.5 Å². The zero-order valence-corrected chi connectivity index (χ0v) is 13.1. The molecule has 0 bridgehead atoms. The van der Waals surface area contributed by atoms with Gasteiger partial charge in [0.2, 0.25) is 5.75 Å². The van der Waals surface area contributed by atoms with Crippen molar-refractivity contribution in [2.24, 2.45) is 0 Å². The third kappa shape index (κ3) is 3.98. The summed E-state index contributed by atoms with van der Waals surface area (Å²) < 4.78 is 10.8. The maximum Gasteiger partial charge on any atom is 0.315 e. The molecule has 0 radical (unpaired) electrons. The standard InChI is InChI=1S/C17H19NO5/c1-3-15(19)13-9-14(18(20)21)17(16(10-13)22-2)23-11-12-7-5-4-6-8-12/h4-10,15,19H,3,11H2,1-2H3. The first-order chi connectivity index (χ1) is 11.1. The van der Waals surface area contributed by atoms with Crippen LogP contribution in [-0.4, -0.2) is 17.1 Å². The van der Waals surface area contributed by atoms with Crippen LogP contribution in [0.3, 0.4) is 0 Å². The Balaban J connectivity index is 2.38. The molecule has 23 heavy (non-hydrogen) atoms. The molecule has 0 fully saturated rings. The van der Waals surface area contributed by atoms with Crippen LogP contribution >= 0.6 is 0 Å². The van der Waals surface area contributed by atoms with Crippen LogP contribution in [0.1, 0.15) is 30.6 Å². The number of aliphatic hydroxyl groups is 1. The van der Waals surface area contributed by atoms with E-state index in [0.29, 0.717) is 12.0 Å². The van der Waals surface area contributed by atoms with Gasteiger partial charge >= 0.3 is 5.69 Å². The molecule has 0 aliphatic heterocycles. The number of rotatable bonds is 7. The molecule has 0 spiro atoms. The van der Waals surface area contributed by atoms with Crippen LogP contribution in [0.4, 0.5) is 5.69 Å². The summed E-state index contributed by atoms with van der Waals surface area (Å²) >= 11 is 0. The summed E-state index contributed by atoms with van der Waals surface area (Å²) in [7, 11) is 1.41. The van der Waals surface area contributed by atoms with Gasteiger partial charge in [-0.25, -0.2) is 0 Å². The Morgan fingerprint density at radius 1 is 1.26 bits per heavy atom. The summed E-state index contributed by atoms with van der Waals surface area (Å²) in [6, 6.07) is 12.3. The van der Waals surface area contributed by atoms with E-state index in [2.05, 4.69) is 0 Å². The lowest BCUT2D eigenvalue weighted by atomic mass is 10.1. The summed E-state index contributed by atoms with van der Waals surface area (Å²) in [5.74, 6) is 0.297. The van der Waals surface area contributed by atoms with Crippen molar-refractivity contribution in [1.29, 1.82) is 0 Å². The van der Waals surface area contributed by atoms with Gasteiger partial charge in [0.15, 0.2) is 5.75 Å². The van der Waals surface area contributed by atoms with Crippen molar-refractivity contribution in [2.75, 3.05) is 7.11 Å². The lowest BCUT2D eigenvalue weighted by Crippen LogP contribution is -2.04. The van der Waals surface area contributed by atoms with Gasteiger partial charge in [-0.05, 0) is 23.6 Å². The molecule has 0 saturated heterocycles. The van der Waals surface area contributed by atoms with E-state index >= 15 is 0 Å². The highest BCUT2D eigenvalue weighted by molar-refractivity contribution is 5.58. The van der Waals surface area contributed by atoms with Crippen LogP contribution in [0.15, 0.2) is 42.5 Å². The molecule has 0 amide bonds. The Bertz CT molecular complexity index is 672. The first-order valence-corrected chi connectivity index (χ1v) is 7.28. The average Bonchev–Trinajstić information content (AvgIpc) is 2.59. The average molecular weight is 317 g/mol. The minimum atomic E-state index is -0.786. The van der Waals surface area contributed by atoms with Crippen LogP contribution in [0.2, 0.25) is 0 Å². The van der Waals surface area contributed by atoms with Crippen molar-refractivity contribution in [3.8, 4) is 11.5 Å². The van der Waals surface area contributed by atoms with Crippen LogP contribution in [0, 0.1) is 10.1 Å². The maximum atomic E-state index is 11.4. The summed E-state index contributed by atoms with van der Waals surface area (Å²) in [6.07, 6.45) is -0.337. The Hall–Kier alpha value is -2.60. The number of nitro benzene ring substituents is 1. The molecule has 1 atom stereocenters. The second-order valence-electron chi connectivity index (χ2n) is 5.03. The third-order valence-corrected chi connectivity index (χ3v) is 3.47.